The van der Waals surface area contributed by atoms with E-state index >= 15 is 0 Å². The van der Waals surface area contributed by atoms with E-state index in [2.05, 4.69) is 46.5 Å². The minimum atomic E-state index is -1.46. The van der Waals surface area contributed by atoms with Crippen LogP contribution < -0.4 is 16.4 Å². The number of aliphatic carboxylic acids is 1. The number of aromatic nitrogens is 3. The number of hydrogen-bond donors (Lipinski definition) is 4. The van der Waals surface area contributed by atoms with Gasteiger partial charge < -0.3 is 26.2 Å². The summed E-state index contributed by atoms with van der Waals surface area (Å²) in [5.74, 6) is 3.58. The molecule has 2 aromatic heterocycles. The van der Waals surface area contributed by atoms with E-state index in [1.54, 1.807) is 11.3 Å². The van der Waals surface area contributed by atoms with Gasteiger partial charge in [0.2, 0.25) is 11.8 Å². The van der Waals surface area contributed by atoms with Crippen LogP contribution in [0.5, 0.6) is 0 Å². The van der Waals surface area contributed by atoms with Crippen molar-refractivity contribution in [2.75, 3.05) is 19.0 Å². The highest BCUT2D eigenvalue weighted by molar-refractivity contribution is 7.15. The number of carboxylic acids is 1. The van der Waals surface area contributed by atoms with Crippen LogP contribution in [-0.2, 0) is 19.1 Å². The Morgan fingerprint density at radius 2 is 1.84 bits per heavy atom. The van der Waals surface area contributed by atoms with Gasteiger partial charge in [-0.1, -0.05) is 35.6 Å². The van der Waals surface area contributed by atoms with Gasteiger partial charge in [0.1, 0.15) is 16.9 Å². The fourth-order valence-corrected chi connectivity index (χ4v) is 6.65. The van der Waals surface area contributed by atoms with E-state index in [-0.39, 0.29) is 42.3 Å². The summed E-state index contributed by atoms with van der Waals surface area (Å²) in [5.41, 5.74) is 9.70. The number of thiophene rings is 1. The molecule has 0 saturated heterocycles. The molecule has 0 saturated carbocycles. The van der Waals surface area contributed by atoms with Gasteiger partial charge in [-0.25, -0.2) is 9.59 Å². The third-order valence-electron chi connectivity index (χ3n) is 7.98. The molecule has 3 heterocycles. The second kappa shape index (κ2) is 15.5. The Balaban J connectivity index is 1.25. The second-order valence-electron chi connectivity index (χ2n) is 11.4. The normalized spacial score (nSPS) is 13.8. The van der Waals surface area contributed by atoms with Gasteiger partial charge in [-0.15, -0.1) is 21.5 Å². The van der Waals surface area contributed by atoms with Crippen LogP contribution in [0.25, 0.3) is 5.00 Å². The van der Waals surface area contributed by atoms with Gasteiger partial charge in [0.15, 0.2) is 11.9 Å². The molecule has 2 atom stereocenters. The second-order valence-corrected chi connectivity index (χ2v) is 13.1. The van der Waals surface area contributed by atoms with Crippen molar-refractivity contribution in [3.8, 4) is 16.8 Å². The summed E-state index contributed by atoms with van der Waals surface area (Å²) in [5, 5.41) is 24.9. The number of amides is 2. The monoisotopic (exact) mass is 715 g/mol. The average molecular weight is 716 g/mol. The Morgan fingerprint density at radius 1 is 1.10 bits per heavy atom. The number of methoxy groups -OCH3 is 1. The van der Waals surface area contributed by atoms with Crippen molar-refractivity contribution in [3.63, 3.8) is 0 Å². The third-order valence-corrected chi connectivity index (χ3v) is 9.42. The van der Waals surface area contributed by atoms with E-state index < -0.39 is 24.0 Å². The van der Waals surface area contributed by atoms with Gasteiger partial charge in [-0.05, 0) is 63.1 Å². The van der Waals surface area contributed by atoms with Crippen LogP contribution in [0.1, 0.15) is 74.4 Å². The largest absolute Gasteiger partial charge is 0.479 e. The molecular formula is C35H34ClN7O6S. The van der Waals surface area contributed by atoms with Gasteiger partial charge >= 0.3 is 11.9 Å². The number of nitrogens with one attached hydrogen (secondary N) is 2. The van der Waals surface area contributed by atoms with E-state index in [1.165, 1.54) is 25.3 Å². The van der Waals surface area contributed by atoms with Crippen molar-refractivity contribution in [1.29, 1.82) is 0 Å². The zero-order valence-corrected chi connectivity index (χ0v) is 29.2. The SMILES string of the molecule is COC(=O)c1ccc(NC(=O)CCCNC(=O)C[C@@H]2N=C(c3ccc(Cl)cc3)c3c(sc(C)c3C)-n3c(C)nnc32)cc1C#CC(N)C(=O)O. The highest BCUT2D eigenvalue weighted by atomic mass is 35.5. The molecule has 5 N–H and O–H groups in total. The van der Waals surface area contributed by atoms with E-state index in [9.17, 15) is 19.2 Å². The van der Waals surface area contributed by atoms with Gasteiger partial charge in [0.05, 0.1) is 24.8 Å². The van der Waals surface area contributed by atoms with Crippen molar-refractivity contribution in [1.82, 2.24) is 20.1 Å². The molecule has 2 aromatic carbocycles. The van der Waals surface area contributed by atoms with Crippen molar-refractivity contribution in [2.24, 2.45) is 10.7 Å². The Hall–Kier alpha value is -5.36. The maximum Gasteiger partial charge on any atom is 0.339 e. The quantitative estimate of drug-likeness (QED) is 0.105. The summed E-state index contributed by atoms with van der Waals surface area (Å²) in [6, 6.07) is 9.71. The molecule has 0 radical (unpaired) electrons. The number of nitrogens with two attached hydrogens (primary N) is 1. The molecule has 0 aliphatic carbocycles. The number of fused-ring (bicyclic) bond motifs is 3. The first-order chi connectivity index (χ1) is 23.9. The Morgan fingerprint density at radius 3 is 2.54 bits per heavy atom. The smallest absolute Gasteiger partial charge is 0.339 e. The summed E-state index contributed by atoms with van der Waals surface area (Å²) in [4.78, 5) is 55.4. The van der Waals surface area contributed by atoms with Crippen LogP contribution in [0.4, 0.5) is 5.69 Å². The fraction of sp³-hybridized carbons (Fsp3) is 0.286. The zero-order chi connectivity index (χ0) is 36.1. The van der Waals surface area contributed by atoms with Gasteiger partial charge in [0.25, 0.3) is 0 Å². The molecule has 0 fully saturated rings. The molecule has 50 heavy (non-hydrogen) atoms. The number of anilines is 1. The van der Waals surface area contributed by atoms with E-state index in [0.717, 1.165) is 32.3 Å². The highest BCUT2D eigenvalue weighted by Gasteiger charge is 2.32. The molecule has 1 aliphatic rings. The third kappa shape index (κ3) is 7.92. The Labute approximate surface area is 296 Å². The predicted molar refractivity (Wildman–Crippen MR) is 189 cm³/mol. The van der Waals surface area contributed by atoms with E-state index in [4.69, 9.17) is 32.2 Å². The van der Waals surface area contributed by atoms with Crippen LogP contribution in [0.3, 0.4) is 0 Å². The summed E-state index contributed by atoms with van der Waals surface area (Å²) < 4.78 is 6.74. The molecule has 2 amide bonds. The highest BCUT2D eigenvalue weighted by Crippen LogP contribution is 2.39. The molecule has 15 heteroatoms. The molecule has 1 aliphatic heterocycles. The zero-order valence-electron chi connectivity index (χ0n) is 27.7. The first-order valence-corrected chi connectivity index (χ1v) is 16.7. The van der Waals surface area contributed by atoms with Crippen LogP contribution in [0.2, 0.25) is 5.02 Å². The minimum absolute atomic E-state index is 0.0102. The molecule has 1 unspecified atom stereocenters. The molecule has 5 rings (SSSR count). The number of rotatable bonds is 10. The van der Waals surface area contributed by atoms with Crippen LogP contribution in [0.15, 0.2) is 47.5 Å². The molecular weight excluding hydrogens is 682 g/mol. The molecule has 0 bridgehead atoms. The number of carbonyl (C=O) groups excluding carboxylic acids is 3. The molecule has 4 aromatic rings. The fourth-order valence-electron chi connectivity index (χ4n) is 5.31. The lowest BCUT2D eigenvalue weighted by atomic mass is 9.99. The first kappa shape index (κ1) is 35.9. The average Bonchev–Trinajstić information content (AvgIpc) is 3.57. The first-order valence-electron chi connectivity index (χ1n) is 15.5. The minimum Gasteiger partial charge on any atom is -0.479 e. The lowest BCUT2D eigenvalue weighted by Gasteiger charge is -2.13. The van der Waals surface area contributed by atoms with Crippen LogP contribution in [0, 0.1) is 32.6 Å². The van der Waals surface area contributed by atoms with Crippen molar-refractivity contribution < 1.29 is 29.0 Å². The van der Waals surface area contributed by atoms with Gasteiger partial charge in [-0.3, -0.25) is 19.1 Å². The maximum absolute atomic E-state index is 13.2. The summed E-state index contributed by atoms with van der Waals surface area (Å²) in [7, 11) is 1.20. The lowest BCUT2D eigenvalue weighted by molar-refractivity contribution is -0.137. The number of halogens is 1. The lowest BCUT2D eigenvalue weighted by Crippen LogP contribution is -2.28. The van der Waals surface area contributed by atoms with Gasteiger partial charge in [-0.2, -0.15) is 0 Å². The van der Waals surface area contributed by atoms with Crippen LogP contribution in [-0.4, -0.2) is 69.0 Å². The number of benzene rings is 2. The Bertz CT molecular complexity index is 2080. The summed E-state index contributed by atoms with van der Waals surface area (Å²) in [6.07, 6.45) is 0.432. The number of hydrogen-bond acceptors (Lipinski definition) is 10. The number of aliphatic imine (C=N–C) groups is 1. The van der Waals surface area contributed by atoms with E-state index in [0.29, 0.717) is 28.8 Å². The number of carbonyl (C=O) groups is 4. The topological polar surface area (TPSA) is 191 Å². The number of ether oxygens (including phenoxy) is 1. The van der Waals surface area contributed by atoms with Gasteiger partial charge in [0, 0.05) is 45.2 Å². The van der Waals surface area contributed by atoms with Crippen LogP contribution >= 0.6 is 22.9 Å². The number of carboxylic acid groups (broad SMARTS) is 1. The molecule has 13 nitrogen and oxygen atoms in total. The molecule has 0 spiro atoms. The van der Waals surface area contributed by atoms with Crippen molar-refractivity contribution in [2.45, 2.75) is 52.1 Å². The summed E-state index contributed by atoms with van der Waals surface area (Å²) in [6.45, 7) is 6.22. The number of aryl methyl sites for hydroxylation is 2. The Kier molecular flexibility index (Phi) is 11.1. The molecule has 258 valence electrons. The van der Waals surface area contributed by atoms with E-state index in [1.807, 2.05) is 35.8 Å². The maximum atomic E-state index is 13.2. The number of esters is 1. The van der Waals surface area contributed by atoms with Crippen molar-refractivity contribution >= 4 is 58.1 Å². The number of nitrogens with zero attached hydrogens (tertiary/aromatic N) is 4. The van der Waals surface area contributed by atoms with Crippen molar-refractivity contribution in [3.05, 3.63) is 91.8 Å². The summed E-state index contributed by atoms with van der Waals surface area (Å²) >= 11 is 7.82. The predicted octanol–water partition coefficient (Wildman–Crippen LogP) is 4.27. The standard InChI is InChI=1S/C35H34ClN7O6S/c1-18-19(2)50-33-30(18)31(21-7-10-23(36)11-8-21)40-27(32-42-41-20(3)43(32)33)17-29(45)38-15-5-6-28(44)39-24-12-13-25(35(48)49-4)22(16-24)9-14-26(37)34(46)47/h7-8,10-13,16,26-27H,5-6,15,17,37H2,1-4H3,(H,38,45)(H,39,44)(H,46,47)/t26?,27-/m0/s1.